The Morgan fingerprint density at radius 3 is 2.08 bits per heavy atom. The molecule has 0 aromatic heterocycles. The zero-order chi connectivity index (χ0) is 9.40. The van der Waals surface area contributed by atoms with Crippen LogP contribution in [0, 0.1) is 0 Å². The molecule has 1 atom stereocenters. The van der Waals surface area contributed by atoms with Crippen LogP contribution in [0.5, 0.6) is 0 Å². The van der Waals surface area contributed by atoms with Crippen molar-refractivity contribution < 1.29 is 5.11 Å². The van der Waals surface area contributed by atoms with Gasteiger partial charge in [0, 0.05) is 12.5 Å². The van der Waals surface area contributed by atoms with Crippen LogP contribution < -0.4 is 0 Å². The molecule has 12 heavy (non-hydrogen) atoms. The smallest absolute Gasteiger partial charge is 0.0497 e. The maximum atomic E-state index is 8.79. The Morgan fingerprint density at radius 1 is 1.17 bits per heavy atom. The minimum Gasteiger partial charge on any atom is -0.396 e. The van der Waals surface area contributed by atoms with Crippen LogP contribution in [0.1, 0.15) is 32.3 Å². The van der Waals surface area contributed by atoms with E-state index in [9.17, 15) is 0 Å². The van der Waals surface area contributed by atoms with Crippen molar-refractivity contribution in [1.82, 2.24) is 0 Å². The standard InChI is InChI=1S/C9H12O.C2H6/c1-8(7-10)9-5-3-2-4-6-9;1-2/h2-6,8,10H,7H2,1H3;1-2H3/t8-;/m0./s1. The molecule has 1 aromatic carbocycles. The maximum absolute atomic E-state index is 8.79. The Hall–Kier alpha value is -0.820. The van der Waals surface area contributed by atoms with Gasteiger partial charge in [0.2, 0.25) is 0 Å². The largest absolute Gasteiger partial charge is 0.396 e. The van der Waals surface area contributed by atoms with Crippen LogP contribution in [0.2, 0.25) is 0 Å². The first-order chi connectivity index (χ1) is 5.84. The van der Waals surface area contributed by atoms with Crippen molar-refractivity contribution in [2.45, 2.75) is 26.7 Å². The van der Waals surface area contributed by atoms with Crippen molar-refractivity contribution in [2.75, 3.05) is 6.61 Å². The molecule has 0 fully saturated rings. The van der Waals surface area contributed by atoms with Crippen LogP contribution in [0.15, 0.2) is 30.3 Å². The highest BCUT2D eigenvalue weighted by atomic mass is 16.3. The van der Waals surface area contributed by atoms with Crippen LogP contribution >= 0.6 is 0 Å². The van der Waals surface area contributed by atoms with Gasteiger partial charge in [-0.25, -0.2) is 0 Å². The van der Waals surface area contributed by atoms with Crippen molar-refractivity contribution in [3.63, 3.8) is 0 Å². The van der Waals surface area contributed by atoms with Crippen molar-refractivity contribution in [3.05, 3.63) is 35.9 Å². The molecule has 1 N–H and O–H groups in total. The first-order valence-electron chi connectivity index (χ1n) is 4.50. The van der Waals surface area contributed by atoms with Gasteiger partial charge in [-0.15, -0.1) is 0 Å². The Bertz CT molecular complexity index is 181. The van der Waals surface area contributed by atoms with Gasteiger partial charge in [0.15, 0.2) is 0 Å². The molecule has 1 aromatic rings. The van der Waals surface area contributed by atoms with E-state index in [4.69, 9.17) is 5.11 Å². The van der Waals surface area contributed by atoms with Gasteiger partial charge in [0.05, 0.1) is 0 Å². The van der Waals surface area contributed by atoms with Gasteiger partial charge in [0.25, 0.3) is 0 Å². The van der Waals surface area contributed by atoms with Gasteiger partial charge in [-0.3, -0.25) is 0 Å². The van der Waals surface area contributed by atoms with Crippen LogP contribution in [-0.4, -0.2) is 11.7 Å². The summed E-state index contributed by atoms with van der Waals surface area (Å²) in [4.78, 5) is 0. The van der Waals surface area contributed by atoms with E-state index in [0.717, 1.165) is 0 Å². The summed E-state index contributed by atoms with van der Waals surface area (Å²) in [6, 6.07) is 10.0. The quantitative estimate of drug-likeness (QED) is 0.716. The average Bonchev–Trinajstić information content (AvgIpc) is 2.21. The number of rotatable bonds is 2. The molecule has 0 heterocycles. The van der Waals surface area contributed by atoms with E-state index >= 15 is 0 Å². The Morgan fingerprint density at radius 2 is 1.67 bits per heavy atom. The minimum absolute atomic E-state index is 0.226. The summed E-state index contributed by atoms with van der Waals surface area (Å²) in [7, 11) is 0. The highest BCUT2D eigenvalue weighted by Crippen LogP contribution is 2.12. The molecule has 0 spiro atoms. The molecule has 1 heteroatoms. The fraction of sp³-hybridized carbons (Fsp3) is 0.455. The summed E-state index contributed by atoms with van der Waals surface area (Å²) in [6.45, 7) is 6.24. The van der Waals surface area contributed by atoms with Gasteiger partial charge in [-0.1, -0.05) is 51.1 Å². The van der Waals surface area contributed by atoms with Crippen LogP contribution in [0.4, 0.5) is 0 Å². The Balaban J connectivity index is 0.000000561. The topological polar surface area (TPSA) is 20.2 Å². The summed E-state index contributed by atoms with van der Waals surface area (Å²) in [5, 5.41) is 8.79. The van der Waals surface area contributed by atoms with Crippen molar-refractivity contribution in [2.24, 2.45) is 0 Å². The van der Waals surface area contributed by atoms with Crippen molar-refractivity contribution in [1.29, 1.82) is 0 Å². The first-order valence-corrected chi connectivity index (χ1v) is 4.50. The molecular weight excluding hydrogens is 148 g/mol. The van der Waals surface area contributed by atoms with Crippen LogP contribution in [0.3, 0.4) is 0 Å². The van der Waals surface area contributed by atoms with E-state index in [1.807, 2.05) is 51.1 Å². The molecule has 0 aliphatic rings. The lowest BCUT2D eigenvalue weighted by Gasteiger charge is -2.05. The normalized spacial score (nSPS) is 11.3. The second kappa shape index (κ2) is 6.86. The number of hydrogen-bond acceptors (Lipinski definition) is 1. The summed E-state index contributed by atoms with van der Waals surface area (Å²) in [5.74, 6) is 0.265. The second-order valence-corrected chi connectivity index (χ2v) is 2.49. The molecular formula is C11H18O. The monoisotopic (exact) mass is 166 g/mol. The van der Waals surface area contributed by atoms with Crippen molar-refractivity contribution >= 4 is 0 Å². The Kier molecular flexibility index (Phi) is 6.39. The lowest BCUT2D eigenvalue weighted by molar-refractivity contribution is 0.273. The lowest BCUT2D eigenvalue weighted by Crippen LogP contribution is -1.97. The molecule has 0 unspecified atom stereocenters. The van der Waals surface area contributed by atoms with E-state index in [1.165, 1.54) is 5.56 Å². The second-order valence-electron chi connectivity index (χ2n) is 2.49. The van der Waals surface area contributed by atoms with E-state index in [2.05, 4.69) is 0 Å². The molecule has 1 rings (SSSR count). The number of hydrogen-bond donors (Lipinski definition) is 1. The van der Waals surface area contributed by atoms with E-state index in [1.54, 1.807) is 0 Å². The summed E-state index contributed by atoms with van der Waals surface area (Å²) in [6.07, 6.45) is 0. The zero-order valence-corrected chi connectivity index (χ0v) is 8.12. The molecule has 68 valence electrons. The predicted octanol–water partition coefficient (Wildman–Crippen LogP) is 2.81. The third-order valence-corrected chi connectivity index (χ3v) is 1.64. The molecule has 1 nitrogen and oxygen atoms in total. The minimum atomic E-state index is 0.226. The number of aliphatic hydroxyl groups excluding tert-OH is 1. The predicted molar refractivity (Wildman–Crippen MR) is 53.3 cm³/mol. The third kappa shape index (κ3) is 3.54. The molecule has 0 saturated carbocycles. The lowest BCUT2D eigenvalue weighted by atomic mass is 10.0. The number of benzene rings is 1. The summed E-state index contributed by atoms with van der Waals surface area (Å²) < 4.78 is 0. The summed E-state index contributed by atoms with van der Waals surface area (Å²) >= 11 is 0. The van der Waals surface area contributed by atoms with Crippen LogP contribution in [-0.2, 0) is 0 Å². The molecule has 0 amide bonds. The average molecular weight is 166 g/mol. The fourth-order valence-corrected chi connectivity index (χ4v) is 0.887. The van der Waals surface area contributed by atoms with E-state index < -0.39 is 0 Å². The fourth-order valence-electron chi connectivity index (χ4n) is 0.887. The van der Waals surface area contributed by atoms with Crippen molar-refractivity contribution in [3.8, 4) is 0 Å². The molecule has 0 saturated heterocycles. The van der Waals surface area contributed by atoms with Gasteiger partial charge in [-0.2, -0.15) is 0 Å². The van der Waals surface area contributed by atoms with E-state index in [-0.39, 0.29) is 12.5 Å². The Labute approximate surface area is 75.1 Å². The molecule has 0 radical (unpaired) electrons. The first kappa shape index (κ1) is 11.2. The summed E-state index contributed by atoms with van der Waals surface area (Å²) in [5.41, 5.74) is 1.20. The van der Waals surface area contributed by atoms with Crippen LogP contribution in [0.25, 0.3) is 0 Å². The highest BCUT2D eigenvalue weighted by molar-refractivity contribution is 5.18. The molecule has 0 aliphatic carbocycles. The van der Waals surface area contributed by atoms with Gasteiger partial charge >= 0.3 is 0 Å². The molecule has 0 bridgehead atoms. The highest BCUT2D eigenvalue weighted by Gasteiger charge is 2.00. The third-order valence-electron chi connectivity index (χ3n) is 1.64. The maximum Gasteiger partial charge on any atom is 0.0497 e. The molecule has 0 aliphatic heterocycles. The SMILES string of the molecule is CC.C[C@@H](CO)c1ccccc1. The van der Waals surface area contributed by atoms with Gasteiger partial charge < -0.3 is 5.11 Å². The van der Waals surface area contributed by atoms with Gasteiger partial charge in [-0.05, 0) is 5.56 Å². The van der Waals surface area contributed by atoms with E-state index in [0.29, 0.717) is 0 Å². The zero-order valence-electron chi connectivity index (χ0n) is 8.12. The number of aliphatic hydroxyl groups is 1. The van der Waals surface area contributed by atoms with Gasteiger partial charge in [0.1, 0.15) is 0 Å².